The lowest BCUT2D eigenvalue weighted by molar-refractivity contribution is 0.866. The first kappa shape index (κ1) is 16.4. The van der Waals surface area contributed by atoms with Crippen molar-refractivity contribution in [2.24, 2.45) is 5.10 Å². The van der Waals surface area contributed by atoms with Crippen LogP contribution in [-0.2, 0) is 0 Å². The average Bonchev–Trinajstić information content (AvgIpc) is 2.98. The van der Waals surface area contributed by atoms with Crippen molar-refractivity contribution in [2.75, 3.05) is 5.43 Å². The predicted molar refractivity (Wildman–Crippen MR) is 106 cm³/mol. The summed E-state index contributed by atoms with van der Waals surface area (Å²) in [5.74, 6) is 0.559. The highest BCUT2D eigenvalue weighted by molar-refractivity contribution is 7.22. The van der Waals surface area contributed by atoms with Gasteiger partial charge in [0, 0.05) is 0 Å². The molecule has 0 unspecified atom stereocenters. The van der Waals surface area contributed by atoms with E-state index in [4.69, 9.17) is 0 Å². The third kappa shape index (κ3) is 4.09. The first-order chi connectivity index (χ1) is 11.6. The summed E-state index contributed by atoms with van der Waals surface area (Å²) in [4.78, 5) is 4.49. The van der Waals surface area contributed by atoms with Crippen LogP contribution in [0.2, 0.25) is 0 Å². The molecule has 0 fully saturated rings. The molecule has 3 nitrogen and oxygen atoms in total. The number of hydrogen-bond acceptors (Lipinski definition) is 4. The predicted octanol–water partition coefficient (Wildman–Crippen LogP) is 5.92. The fourth-order valence-electron chi connectivity index (χ4n) is 2.39. The molecule has 0 atom stereocenters. The third-order valence-electron chi connectivity index (χ3n) is 3.72. The Morgan fingerprint density at radius 2 is 1.88 bits per heavy atom. The van der Waals surface area contributed by atoms with Crippen LogP contribution < -0.4 is 5.43 Å². The number of para-hydroxylation sites is 1. The second-order valence-electron chi connectivity index (χ2n) is 6.07. The summed E-state index contributed by atoms with van der Waals surface area (Å²) in [6.07, 6.45) is 3.94. The van der Waals surface area contributed by atoms with Gasteiger partial charge in [-0.2, -0.15) is 5.10 Å². The number of hydrogen-bond donors (Lipinski definition) is 1. The van der Waals surface area contributed by atoms with E-state index in [1.54, 1.807) is 11.3 Å². The fourth-order valence-corrected chi connectivity index (χ4v) is 3.20. The standard InChI is InChI=1S/C20H21N3S/c1-14(2)17-10-8-16(9-11-17)12-15(3)13-21-23-20-22-18-6-4-5-7-19(18)24-20/h4-14H,1-3H3,(H,22,23)/b15-12+,21-13+. The molecule has 4 heteroatoms. The summed E-state index contributed by atoms with van der Waals surface area (Å²) in [5, 5.41) is 5.09. The SMILES string of the molecule is CC(/C=N/Nc1nc2ccccc2s1)=C\c1ccc(C(C)C)cc1. The average molecular weight is 335 g/mol. The molecule has 1 heterocycles. The number of hydrazone groups is 1. The van der Waals surface area contributed by atoms with Gasteiger partial charge in [0.2, 0.25) is 5.13 Å². The van der Waals surface area contributed by atoms with Crippen molar-refractivity contribution in [1.82, 2.24) is 4.98 Å². The highest BCUT2D eigenvalue weighted by Crippen LogP contribution is 2.25. The minimum atomic E-state index is 0.559. The van der Waals surface area contributed by atoms with E-state index in [9.17, 15) is 0 Å². The summed E-state index contributed by atoms with van der Waals surface area (Å²) in [5.41, 5.74) is 7.63. The van der Waals surface area contributed by atoms with Crippen molar-refractivity contribution >= 4 is 39.0 Å². The number of nitrogens with zero attached hydrogens (tertiary/aromatic N) is 2. The largest absolute Gasteiger partial charge is 0.253 e. The summed E-state index contributed by atoms with van der Waals surface area (Å²) < 4.78 is 1.16. The van der Waals surface area contributed by atoms with Gasteiger partial charge in [0.25, 0.3) is 0 Å². The van der Waals surface area contributed by atoms with Crippen LogP contribution >= 0.6 is 11.3 Å². The molecule has 0 amide bonds. The maximum absolute atomic E-state index is 4.49. The number of allylic oxidation sites excluding steroid dienone is 1. The van der Waals surface area contributed by atoms with E-state index in [0.29, 0.717) is 5.92 Å². The fraction of sp³-hybridized carbons (Fsp3) is 0.200. The molecule has 1 N–H and O–H groups in total. The van der Waals surface area contributed by atoms with Crippen LogP contribution in [0.15, 0.2) is 59.2 Å². The number of benzene rings is 2. The monoisotopic (exact) mass is 335 g/mol. The molecule has 122 valence electrons. The zero-order valence-electron chi connectivity index (χ0n) is 14.2. The molecular formula is C20H21N3S. The molecule has 0 aliphatic carbocycles. The number of thiazole rings is 1. The van der Waals surface area contributed by atoms with Crippen LogP contribution in [0.5, 0.6) is 0 Å². The summed E-state index contributed by atoms with van der Waals surface area (Å²) in [7, 11) is 0. The van der Waals surface area contributed by atoms with Crippen LogP contribution in [0.1, 0.15) is 37.8 Å². The van der Waals surface area contributed by atoms with Crippen molar-refractivity contribution in [3.8, 4) is 0 Å². The Morgan fingerprint density at radius 1 is 1.12 bits per heavy atom. The van der Waals surface area contributed by atoms with Crippen molar-refractivity contribution in [1.29, 1.82) is 0 Å². The first-order valence-corrected chi connectivity index (χ1v) is 8.86. The molecule has 2 aromatic carbocycles. The minimum Gasteiger partial charge on any atom is -0.253 e. The Balaban J connectivity index is 1.64. The van der Waals surface area contributed by atoms with Gasteiger partial charge in [-0.1, -0.05) is 67.7 Å². The number of nitrogens with one attached hydrogen (secondary N) is 1. The van der Waals surface area contributed by atoms with Gasteiger partial charge < -0.3 is 0 Å². The van der Waals surface area contributed by atoms with Gasteiger partial charge in [0.1, 0.15) is 0 Å². The molecule has 0 radical (unpaired) electrons. The second kappa shape index (κ2) is 7.41. The molecule has 0 bridgehead atoms. The third-order valence-corrected chi connectivity index (χ3v) is 4.66. The van der Waals surface area contributed by atoms with Gasteiger partial charge >= 0.3 is 0 Å². The van der Waals surface area contributed by atoms with Crippen LogP contribution in [-0.4, -0.2) is 11.2 Å². The quantitative estimate of drug-likeness (QED) is 0.464. The Hall–Kier alpha value is -2.46. The number of aromatic nitrogens is 1. The van der Waals surface area contributed by atoms with Gasteiger partial charge in [0.15, 0.2) is 0 Å². The molecule has 0 saturated heterocycles. The van der Waals surface area contributed by atoms with E-state index in [-0.39, 0.29) is 0 Å². The Morgan fingerprint density at radius 3 is 2.58 bits per heavy atom. The van der Waals surface area contributed by atoms with E-state index in [1.165, 1.54) is 11.1 Å². The van der Waals surface area contributed by atoms with Gasteiger partial charge in [-0.15, -0.1) is 0 Å². The molecule has 3 rings (SSSR count). The smallest absolute Gasteiger partial charge is 0.204 e. The first-order valence-electron chi connectivity index (χ1n) is 8.05. The van der Waals surface area contributed by atoms with Gasteiger partial charge in [-0.3, -0.25) is 5.43 Å². The second-order valence-corrected chi connectivity index (χ2v) is 7.10. The molecule has 1 aromatic heterocycles. The zero-order valence-corrected chi connectivity index (χ0v) is 15.0. The van der Waals surface area contributed by atoms with Crippen LogP contribution in [0.3, 0.4) is 0 Å². The van der Waals surface area contributed by atoms with Gasteiger partial charge in [-0.05, 0) is 41.7 Å². The van der Waals surface area contributed by atoms with E-state index >= 15 is 0 Å². The van der Waals surface area contributed by atoms with E-state index in [2.05, 4.69) is 65.8 Å². The Kier molecular flexibility index (Phi) is 5.06. The molecule has 24 heavy (non-hydrogen) atoms. The highest BCUT2D eigenvalue weighted by Gasteiger charge is 2.01. The molecule has 0 aliphatic rings. The number of rotatable bonds is 5. The van der Waals surface area contributed by atoms with E-state index in [1.807, 2.05) is 31.3 Å². The van der Waals surface area contributed by atoms with Crippen LogP contribution in [0.25, 0.3) is 16.3 Å². The molecule has 0 aliphatic heterocycles. The molecular weight excluding hydrogens is 314 g/mol. The van der Waals surface area contributed by atoms with Gasteiger partial charge in [0.05, 0.1) is 16.4 Å². The lowest BCUT2D eigenvalue weighted by atomic mass is 10.0. The van der Waals surface area contributed by atoms with Crippen molar-refractivity contribution < 1.29 is 0 Å². The van der Waals surface area contributed by atoms with Gasteiger partial charge in [-0.25, -0.2) is 4.98 Å². The summed E-state index contributed by atoms with van der Waals surface area (Å²) in [6.45, 7) is 6.45. The molecule has 3 aromatic rings. The number of fused-ring (bicyclic) bond motifs is 1. The van der Waals surface area contributed by atoms with Crippen molar-refractivity contribution in [3.05, 3.63) is 65.2 Å². The Labute approximate surface area is 146 Å². The van der Waals surface area contributed by atoms with Crippen LogP contribution in [0, 0.1) is 0 Å². The lowest BCUT2D eigenvalue weighted by Crippen LogP contribution is -1.89. The minimum absolute atomic E-state index is 0.559. The maximum atomic E-state index is 4.49. The van der Waals surface area contributed by atoms with Crippen molar-refractivity contribution in [3.63, 3.8) is 0 Å². The number of anilines is 1. The summed E-state index contributed by atoms with van der Waals surface area (Å²) >= 11 is 1.60. The zero-order chi connectivity index (χ0) is 16.9. The van der Waals surface area contributed by atoms with Crippen molar-refractivity contribution in [2.45, 2.75) is 26.7 Å². The molecule has 0 spiro atoms. The molecule has 0 saturated carbocycles. The Bertz CT molecular complexity index is 840. The lowest BCUT2D eigenvalue weighted by Gasteiger charge is -2.04. The highest BCUT2D eigenvalue weighted by atomic mass is 32.1. The van der Waals surface area contributed by atoms with E-state index in [0.717, 1.165) is 20.9 Å². The normalized spacial score (nSPS) is 12.4. The topological polar surface area (TPSA) is 37.3 Å². The maximum Gasteiger partial charge on any atom is 0.204 e. The summed E-state index contributed by atoms with van der Waals surface area (Å²) in [6, 6.07) is 16.7. The van der Waals surface area contributed by atoms with Crippen LogP contribution in [0.4, 0.5) is 5.13 Å². The van der Waals surface area contributed by atoms with E-state index < -0.39 is 0 Å².